The Morgan fingerprint density at radius 2 is 1.97 bits per heavy atom. The molecule has 0 spiro atoms. The lowest BCUT2D eigenvalue weighted by Crippen LogP contribution is -2.48. The molecule has 2 N–H and O–H groups in total. The molecule has 2 heterocycles. The minimum atomic E-state index is 0. The standard InChI is InChI=1S/C23H36N6.HI/c1-18(2)16-29-14-11-25-22(29)15-26-23(24-4)27-21-9-12-28(13-10-21)17-20-8-6-5-7-19(20)3;/h5-8,11,14,18,21H,9-10,12-13,15-17H2,1-4H3,(H2,24,26,27);1H. The van der Waals surface area contributed by atoms with Gasteiger partial charge in [-0.25, -0.2) is 4.98 Å². The fraction of sp³-hybridized carbons (Fsp3) is 0.565. The topological polar surface area (TPSA) is 57.5 Å². The van der Waals surface area contributed by atoms with Crippen molar-refractivity contribution in [2.24, 2.45) is 10.9 Å². The molecule has 1 aliphatic heterocycles. The van der Waals surface area contributed by atoms with E-state index in [0.29, 0.717) is 18.5 Å². The number of piperidine rings is 1. The molecule has 30 heavy (non-hydrogen) atoms. The summed E-state index contributed by atoms with van der Waals surface area (Å²) in [6, 6.07) is 9.16. The molecule has 0 radical (unpaired) electrons. The van der Waals surface area contributed by atoms with E-state index >= 15 is 0 Å². The molecule has 3 rings (SSSR count). The quantitative estimate of drug-likeness (QED) is 0.329. The van der Waals surface area contributed by atoms with Gasteiger partial charge in [-0.05, 0) is 36.8 Å². The molecule has 7 heteroatoms. The van der Waals surface area contributed by atoms with E-state index in [2.05, 4.69) is 81.3 Å². The number of halogens is 1. The van der Waals surface area contributed by atoms with E-state index in [0.717, 1.165) is 50.8 Å². The summed E-state index contributed by atoms with van der Waals surface area (Å²) in [5.41, 5.74) is 2.82. The van der Waals surface area contributed by atoms with Gasteiger partial charge in [0.05, 0.1) is 6.54 Å². The van der Waals surface area contributed by atoms with Crippen LogP contribution < -0.4 is 10.6 Å². The second kappa shape index (κ2) is 12.3. The van der Waals surface area contributed by atoms with E-state index in [9.17, 15) is 0 Å². The first-order valence-electron chi connectivity index (χ1n) is 10.8. The summed E-state index contributed by atoms with van der Waals surface area (Å²) >= 11 is 0. The van der Waals surface area contributed by atoms with E-state index in [1.54, 1.807) is 0 Å². The molecule has 0 atom stereocenters. The number of hydrogen-bond acceptors (Lipinski definition) is 3. The molecule has 1 aromatic carbocycles. The van der Waals surface area contributed by atoms with Gasteiger partial charge in [0.2, 0.25) is 0 Å². The first-order valence-corrected chi connectivity index (χ1v) is 10.8. The average Bonchev–Trinajstić information content (AvgIpc) is 3.14. The van der Waals surface area contributed by atoms with Crippen molar-refractivity contribution >= 4 is 29.9 Å². The number of likely N-dealkylation sites (tertiary alicyclic amines) is 1. The maximum Gasteiger partial charge on any atom is 0.191 e. The molecule has 0 saturated carbocycles. The molecule has 166 valence electrons. The predicted molar refractivity (Wildman–Crippen MR) is 135 cm³/mol. The third kappa shape index (κ3) is 7.27. The third-order valence-electron chi connectivity index (χ3n) is 5.58. The number of guanidine groups is 1. The first kappa shape index (κ1) is 24.7. The second-order valence-corrected chi connectivity index (χ2v) is 8.44. The van der Waals surface area contributed by atoms with E-state index < -0.39 is 0 Å². The predicted octanol–water partition coefficient (Wildman–Crippen LogP) is 3.80. The highest BCUT2D eigenvalue weighted by atomic mass is 127. The molecule has 6 nitrogen and oxygen atoms in total. The molecule has 0 unspecified atom stereocenters. The van der Waals surface area contributed by atoms with Crippen molar-refractivity contribution in [2.75, 3.05) is 20.1 Å². The highest BCUT2D eigenvalue weighted by Crippen LogP contribution is 2.16. The minimum Gasteiger partial charge on any atom is -0.354 e. The zero-order valence-corrected chi connectivity index (χ0v) is 21.1. The van der Waals surface area contributed by atoms with E-state index in [-0.39, 0.29) is 24.0 Å². The summed E-state index contributed by atoms with van der Waals surface area (Å²) < 4.78 is 2.22. The van der Waals surface area contributed by atoms with Gasteiger partial charge in [0, 0.05) is 51.7 Å². The fourth-order valence-corrected chi connectivity index (χ4v) is 3.88. The molecule has 2 aromatic rings. The zero-order chi connectivity index (χ0) is 20.6. The van der Waals surface area contributed by atoms with Crippen LogP contribution in [0, 0.1) is 12.8 Å². The van der Waals surface area contributed by atoms with Gasteiger partial charge in [0.1, 0.15) is 5.82 Å². The van der Waals surface area contributed by atoms with Crippen molar-refractivity contribution in [1.82, 2.24) is 25.1 Å². The molecule has 1 aliphatic rings. The van der Waals surface area contributed by atoms with Gasteiger partial charge in [-0.3, -0.25) is 9.89 Å². The van der Waals surface area contributed by atoms with Crippen molar-refractivity contribution in [3.63, 3.8) is 0 Å². The average molecular weight is 524 g/mol. The molecular weight excluding hydrogens is 487 g/mol. The summed E-state index contributed by atoms with van der Waals surface area (Å²) in [4.78, 5) is 11.5. The van der Waals surface area contributed by atoms with Crippen molar-refractivity contribution in [1.29, 1.82) is 0 Å². The molecule has 0 aliphatic carbocycles. The number of benzene rings is 1. The monoisotopic (exact) mass is 524 g/mol. The van der Waals surface area contributed by atoms with E-state index in [1.807, 2.05) is 13.2 Å². The minimum absolute atomic E-state index is 0. The SMILES string of the molecule is CN=C(NCc1nccn1CC(C)C)NC1CCN(Cc2ccccc2C)CC1.I. The Morgan fingerprint density at radius 3 is 2.63 bits per heavy atom. The van der Waals surface area contributed by atoms with Crippen LogP contribution in [0.15, 0.2) is 41.7 Å². The maximum atomic E-state index is 4.49. The van der Waals surface area contributed by atoms with Crippen LogP contribution in [0.25, 0.3) is 0 Å². The summed E-state index contributed by atoms with van der Waals surface area (Å²) in [5, 5.41) is 7.03. The molecular formula is C23H37IN6. The highest BCUT2D eigenvalue weighted by molar-refractivity contribution is 14.0. The molecule has 1 fully saturated rings. The van der Waals surface area contributed by atoms with E-state index in [4.69, 9.17) is 0 Å². The number of nitrogens with one attached hydrogen (secondary N) is 2. The lowest BCUT2D eigenvalue weighted by atomic mass is 10.0. The van der Waals surface area contributed by atoms with Gasteiger partial charge in [0.15, 0.2) is 5.96 Å². The number of hydrogen-bond donors (Lipinski definition) is 2. The Kier molecular flexibility index (Phi) is 10.1. The summed E-state index contributed by atoms with van der Waals surface area (Å²) in [6.07, 6.45) is 6.19. The lowest BCUT2D eigenvalue weighted by Gasteiger charge is -2.33. The van der Waals surface area contributed by atoms with Crippen LogP contribution in [-0.2, 0) is 19.6 Å². The van der Waals surface area contributed by atoms with Gasteiger partial charge in [-0.1, -0.05) is 38.1 Å². The molecule has 0 amide bonds. The van der Waals surface area contributed by atoms with Crippen LogP contribution in [-0.4, -0.2) is 46.6 Å². The van der Waals surface area contributed by atoms with Crippen molar-refractivity contribution in [2.45, 2.75) is 59.3 Å². The summed E-state index contributed by atoms with van der Waals surface area (Å²) in [6.45, 7) is 11.6. The molecule has 1 aromatic heterocycles. The number of aryl methyl sites for hydroxylation is 1. The normalized spacial score (nSPS) is 15.8. The largest absolute Gasteiger partial charge is 0.354 e. The molecule has 1 saturated heterocycles. The number of aliphatic imine (C=N–C) groups is 1. The van der Waals surface area contributed by atoms with Crippen molar-refractivity contribution in [3.05, 3.63) is 53.6 Å². The first-order chi connectivity index (χ1) is 14.0. The number of nitrogens with zero attached hydrogens (tertiary/aromatic N) is 4. The van der Waals surface area contributed by atoms with Gasteiger partial charge >= 0.3 is 0 Å². The van der Waals surface area contributed by atoms with Crippen LogP contribution in [0.5, 0.6) is 0 Å². The van der Waals surface area contributed by atoms with Gasteiger partial charge in [-0.2, -0.15) is 0 Å². The van der Waals surface area contributed by atoms with Crippen LogP contribution in [0.3, 0.4) is 0 Å². The Labute approximate surface area is 198 Å². The van der Waals surface area contributed by atoms with E-state index in [1.165, 1.54) is 11.1 Å². The number of aromatic nitrogens is 2. The van der Waals surface area contributed by atoms with Crippen LogP contribution >= 0.6 is 24.0 Å². The second-order valence-electron chi connectivity index (χ2n) is 8.44. The Morgan fingerprint density at radius 1 is 1.23 bits per heavy atom. The van der Waals surface area contributed by atoms with Crippen LogP contribution in [0.2, 0.25) is 0 Å². The summed E-state index contributed by atoms with van der Waals surface area (Å²) in [7, 11) is 1.84. The van der Waals surface area contributed by atoms with Gasteiger partial charge in [-0.15, -0.1) is 24.0 Å². The van der Waals surface area contributed by atoms with Crippen molar-refractivity contribution in [3.8, 4) is 0 Å². The fourth-order valence-electron chi connectivity index (χ4n) is 3.88. The number of rotatable bonds is 7. The zero-order valence-electron chi connectivity index (χ0n) is 18.8. The smallest absolute Gasteiger partial charge is 0.191 e. The van der Waals surface area contributed by atoms with Gasteiger partial charge in [0.25, 0.3) is 0 Å². The highest BCUT2D eigenvalue weighted by Gasteiger charge is 2.20. The number of imidazole rings is 1. The summed E-state index contributed by atoms with van der Waals surface area (Å²) in [5.74, 6) is 2.52. The maximum absolute atomic E-state index is 4.49. The van der Waals surface area contributed by atoms with Crippen molar-refractivity contribution < 1.29 is 0 Å². The Hall–Kier alpha value is -1.61. The molecule has 0 bridgehead atoms. The lowest BCUT2D eigenvalue weighted by molar-refractivity contribution is 0.198. The Bertz CT molecular complexity index is 792. The Balaban J connectivity index is 0.00000320. The van der Waals surface area contributed by atoms with Gasteiger partial charge < -0.3 is 15.2 Å². The van der Waals surface area contributed by atoms with Crippen LogP contribution in [0.4, 0.5) is 0 Å². The van der Waals surface area contributed by atoms with Crippen LogP contribution in [0.1, 0.15) is 43.6 Å². The third-order valence-corrected chi connectivity index (χ3v) is 5.58.